The molecule has 21 heavy (non-hydrogen) atoms. The van der Waals surface area contributed by atoms with Crippen LogP contribution in [-0.2, 0) is 18.3 Å². The van der Waals surface area contributed by atoms with Gasteiger partial charge in [0.15, 0.2) is 6.29 Å². The molecule has 6 heteroatoms. The van der Waals surface area contributed by atoms with Gasteiger partial charge in [0.25, 0.3) is 0 Å². The second-order valence-corrected chi connectivity index (χ2v) is 5.01. The number of aldehydes is 1. The average molecular weight is 285 g/mol. The van der Waals surface area contributed by atoms with E-state index in [1.54, 1.807) is 24.7 Å². The number of hydrogen-bond donors (Lipinski definition) is 1. The summed E-state index contributed by atoms with van der Waals surface area (Å²) in [5, 5.41) is 7.00. The summed E-state index contributed by atoms with van der Waals surface area (Å²) in [6, 6.07) is 5.46. The van der Waals surface area contributed by atoms with Crippen LogP contribution in [-0.4, -0.2) is 22.0 Å². The van der Waals surface area contributed by atoms with Crippen LogP contribution in [0.5, 0.6) is 11.6 Å². The van der Waals surface area contributed by atoms with Gasteiger partial charge >= 0.3 is 0 Å². The largest absolute Gasteiger partial charge is 0.439 e. The van der Waals surface area contributed by atoms with E-state index in [1.807, 2.05) is 12.1 Å². The zero-order chi connectivity index (χ0) is 15.0. The summed E-state index contributed by atoms with van der Waals surface area (Å²) in [6.45, 7) is 1.76. The van der Waals surface area contributed by atoms with Crippen LogP contribution in [0.3, 0.4) is 0 Å². The second-order valence-electron chi connectivity index (χ2n) is 5.01. The van der Waals surface area contributed by atoms with Crippen molar-refractivity contribution in [3.05, 3.63) is 35.0 Å². The van der Waals surface area contributed by atoms with E-state index in [4.69, 9.17) is 4.74 Å². The number of hydrogen-bond acceptors (Lipinski definition) is 4. The fourth-order valence-electron chi connectivity index (χ4n) is 2.44. The Labute approximate surface area is 121 Å². The lowest BCUT2D eigenvalue weighted by Crippen LogP contribution is -2.18. The molecule has 0 radical (unpaired) electrons. The second kappa shape index (κ2) is 5.05. The Hall–Kier alpha value is -2.63. The van der Waals surface area contributed by atoms with Crippen molar-refractivity contribution in [2.75, 3.05) is 5.32 Å². The number of ether oxygens (including phenoxy) is 1. The van der Waals surface area contributed by atoms with Gasteiger partial charge in [0.05, 0.1) is 11.3 Å². The van der Waals surface area contributed by atoms with Crippen molar-refractivity contribution < 1.29 is 14.3 Å². The smallest absolute Gasteiger partial charge is 0.228 e. The number of rotatable bonds is 3. The predicted octanol–water partition coefficient (Wildman–Crippen LogP) is 2.22. The average Bonchev–Trinajstić information content (AvgIpc) is 2.73. The molecule has 0 bridgehead atoms. The van der Waals surface area contributed by atoms with E-state index in [2.05, 4.69) is 10.4 Å². The Morgan fingerprint density at radius 3 is 2.95 bits per heavy atom. The number of amides is 1. The molecule has 2 aromatic rings. The third-order valence-corrected chi connectivity index (χ3v) is 3.52. The molecule has 1 aliphatic rings. The Bertz CT molecular complexity index is 734. The fraction of sp³-hybridized carbons (Fsp3) is 0.267. The highest BCUT2D eigenvalue weighted by Crippen LogP contribution is 2.31. The predicted molar refractivity (Wildman–Crippen MR) is 76.8 cm³/mol. The van der Waals surface area contributed by atoms with Crippen LogP contribution in [0.1, 0.15) is 28.0 Å². The number of aryl methyl sites for hydroxylation is 3. The third-order valence-electron chi connectivity index (χ3n) is 3.52. The highest BCUT2D eigenvalue weighted by Gasteiger charge is 2.18. The normalized spacial score (nSPS) is 13.5. The summed E-state index contributed by atoms with van der Waals surface area (Å²) >= 11 is 0. The Kier molecular flexibility index (Phi) is 3.21. The first-order valence-electron chi connectivity index (χ1n) is 6.68. The monoisotopic (exact) mass is 285 g/mol. The fourth-order valence-corrected chi connectivity index (χ4v) is 2.44. The first kappa shape index (κ1) is 13.4. The van der Waals surface area contributed by atoms with Gasteiger partial charge in [-0.3, -0.25) is 9.59 Å². The maximum Gasteiger partial charge on any atom is 0.228 e. The summed E-state index contributed by atoms with van der Waals surface area (Å²) in [5.41, 5.74) is 2.92. The molecule has 1 N–H and O–H groups in total. The Balaban J connectivity index is 1.93. The summed E-state index contributed by atoms with van der Waals surface area (Å²) in [5.74, 6) is 1.07. The number of carbonyl (C=O) groups is 2. The Morgan fingerprint density at radius 1 is 1.38 bits per heavy atom. The van der Waals surface area contributed by atoms with Crippen molar-refractivity contribution in [3.63, 3.8) is 0 Å². The van der Waals surface area contributed by atoms with Gasteiger partial charge in [0, 0.05) is 19.2 Å². The molecule has 1 aromatic carbocycles. The van der Waals surface area contributed by atoms with Crippen LogP contribution in [0.25, 0.3) is 0 Å². The Morgan fingerprint density at radius 2 is 2.19 bits per heavy atom. The SMILES string of the molecule is Cc1nn(C)c(Oc2ccc3c(c2)CCC(=O)N3)c1C=O. The highest BCUT2D eigenvalue weighted by atomic mass is 16.5. The molecule has 0 atom stereocenters. The van der Waals surface area contributed by atoms with Crippen molar-refractivity contribution in [1.29, 1.82) is 0 Å². The lowest BCUT2D eigenvalue weighted by molar-refractivity contribution is -0.116. The first-order chi connectivity index (χ1) is 10.1. The summed E-state index contributed by atoms with van der Waals surface area (Å²) in [6.07, 6.45) is 1.90. The van der Waals surface area contributed by atoms with Crippen LogP contribution in [0.2, 0.25) is 0 Å². The first-order valence-corrected chi connectivity index (χ1v) is 6.68. The molecule has 1 amide bonds. The molecule has 1 aromatic heterocycles. The van der Waals surface area contributed by atoms with Crippen molar-refractivity contribution in [1.82, 2.24) is 9.78 Å². The van der Waals surface area contributed by atoms with E-state index in [0.29, 0.717) is 35.7 Å². The van der Waals surface area contributed by atoms with Gasteiger partial charge in [-0.2, -0.15) is 5.10 Å². The number of carbonyl (C=O) groups excluding carboxylic acids is 2. The lowest BCUT2D eigenvalue weighted by atomic mass is 10.0. The molecule has 2 heterocycles. The van der Waals surface area contributed by atoms with Crippen LogP contribution in [0.15, 0.2) is 18.2 Å². The van der Waals surface area contributed by atoms with Crippen molar-refractivity contribution in [3.8, 4) is 11.6 Å². The topological polar surface area (TPSA) is 73.2 Å². The number of benzene rings is 1. The molecule has 0 unspecified atom stereocenters. The van der Waals surface area contributed by atoms with Crippen LogP contribution in [0, 0.1) is 6.92 Å². The molecule has 0 saturated carbocycles. The molecule has 1 aliphatic heterocycles. The molecule has 0 aliphatic carbocycles. The van der Waals surface area contributed by atoms with Gasteiger partial charge < -0.3 is 10.1 Å². The van der Waals surface area contributed by atoms with Gasteiger partial charge in [-0.05, 0) is 37.1 Å². The third kappa shape index (κ3) is 2.40. The quantitative estimate of drug-likeness (QED) is 0.878. The van der Waals surface area contributed by atoms with E-state index in [0.717, 1.165) is 17.5 Å². The van der Waals surface area contributed by atoms with E-state index < -0.39 is 0 Å². The minimum atomic E-state index is 0.0293. The minimum Gasteiger partial charge on any atom is -0.439 e. The number of aromatic nitrogens is 2. The number of nitrogens with zero attached hydrogens (tertiary/aromatic N) is 2. The van der Waals surface area contributed by atoms with Crippen molar-refractivity contribution in [2.45, 2.75) is 19.8 Å². The zero-order valence-electron chi connectivity index (χ0n) is 11.8. The van der Waals surface area contributed by atoms with Crippen LogP contribution >= 0.6 is 0 Å². The molecule has 108 valence electrons. The molecular formula is C15H15N3O3. The van der Waals surface area contributed by atoms with Crippen LogP contribution < -0.4 is 10.1 Å². The van der Waals surface area contributed by atoms with E-state index in [-0.39, 0.29) is 5.91 Å². The molecular weight excluding hydrogens is 270 g/mol. The molecule has 0 fully saturated rings. The van der Waals surface area contributed by atoms with Gasteiger partial charge in [0.1, 0.15) is 5.75 Å². The van der Waals surface area contributed by atoms with E-state index >= 15 is 0 Å². The maximum absolute atomic E-state index is 11.3. The summed E-state index contributed by atoms with van der Waals surface area (Å²) < 4.78 is 7.34. The molecule has 0 saturated heterocycles. The van der Waals surface area contributed by atoms with Crippen molar-refractivity contribution >= 4 is 17.9 Å². The van der Waals surface area contributed by atoms with Crippen LogP contribution in [0.4, 0.5) is 5.69 Å². The minimum absolute atomic E-state index is 0.0293. The summed E-state index contributed by atoms with van der Waals surface area (Å²) in [4.78, 5) is 22.5. The van der Waals surface area contributed by atoms with E-state index in [9.17, 15) is 9.59 Å². The molecule has 6 nitrogen and oxygen atoms in total. The summed E-state index contributed by atoms with van der Waals surface area (Å²) in [7, 11) is 1.73. The molecule has 3 rings (SSSR count). The maximum atomic E-state index is 11.3. The highest BCUT2D eigenvalue weighted by molar-refractivity contribution is 5.94. The number of nitrogens with one attached hydrogen (secondary N) is 1. The number of fused-ring (bicyclic) bond motifs is 1. The zero-order valence-corrected chi connectivity index (χ0v) is 11.8. The van der Waals surface area contributed by atoms with E-state index in [1.165, 1.54) is 0 Å². The van der Waals surface area contributed by atoms with Gasteiger partial charge in [-0.25, -0.2) is 4.68 Å². The van der Waals surface area contributed by atoms with Crippen molar-refractivity contribution in [2.24, 2.45) is 7.05 Å². The van der Waals surface area contributed by atoms with Gasteiger partial charge in [0.2, 0.25) is 11.8 Å². The molecule has 0 spiro atoms. The van der Waals surface area contributed by atoms with Gasteiger partial charge in [-0.1, -0.05) is 0 Å². The lowest BCUT2D eigenvalue weighted by Gasteiger charge is -2.17. The number of anilines is 1. The standard InChI is InChI=1S/C15H15N3O3/c1-9-12(8-19)15(18(2)17-9)21-11-4-5-13-10(7-11)3-6-14(20)16-13/h4-5,7-8H,3,6H2,1-2H3,(H,16,20). The van der Waals surface area contributed by atoms with Gasteiger partial charge in [-0.15, -0.1) is 0 Å².